The molecule has 0 aliphatic carbocycles. The maximum atomic E-state index is 13.5. The standard InChI is InChI=1S/C15H13Br2FO2/c1-8-3-4-9(5-11(8)16)15(19)10-6-12(17)13(18)7-14(10)20-2/h3-7,15,19H,1-2H3. The molecule has 0 saturated carbocycles. The summed E-state index contributed by atoms with van der Waals surface area (Å²) in [5.41, 5.74) is 2.30. The fraction of sp³-hybridized carbons (Fsp3) is 0.200. The van der Waals surface area contributed by atoms with Crippen molar-refractivity contribution in [2.24, 2.45) is 0 Å². The Hall–Kier alpha value is -0.910. The largest absolute Gasteiger partial charge is 0.496 e. The third-order valence-corrected chi connectivity index (χ3v) is 4.54. The Morgan fingerprint density at radius 2 is 1.85 bits per heavy atom. The molecule has 2 rings (SSSR count). The van der Waals surface area contributed by atoms with E-state index in [2.05, 4.69) is 31.9 Å². The summed E-state index contributed by atoms with van der Waals surface area (Å²) >= 11 is 6.56. The SMILES string of the molecule is COc1cc(F)c(Br)cc1C(O)c1ccc(C)c(Br)c1. The van der Waals surface area contributed by atoms with E-state index in [9.17, 15) is 9.50 Å². The predicted octanol–water partition coefficient (Wildman–Crippen LogP) is 4.75. The van der Waals surface area contributed by atoms with E-state index in [1.807, 2.05) is 25.1 Å². The van der Waals surface area contributed by atoms with Crippen LogP contribution in [0.3, 0.4) is 0 Å². The molecule has 2 aromatic rings. The van der Waals surface area contributed by atoms with Gasteiger partial charge in [0.15, 0.2) is 0 Å². The lowest BCUT2D eigenvalue weighted by molar-refractivity contribution is 0.214. The van der Waals surface area contributed by atoms with Crippen LogP contribution < -0.4 is 4.74 Å². The summed E-state index contributed by atoms with van der Waals surface area (Å²) in [6.07, 6.45) is -0.890. The third-order valence-electron chi connectivity index (χ3n) is 3.08. The molecule has 0 saturated heterocycles. The van der Waals surface area contributed by atoms with Gasteiger partial charge in [0.2, 0.25) is 0 Å². The zero-order valence-electron chi connectivity index (χ0n) is 11.0. The van der Waals surface area contributed by atoms with Crippen LogP contribution in [0, 0.1) is 12.7 Å². The molecular weight excluding hydrogens is 391 g/mol. The molecule has 0 spiro atoms. The first-order valence-electron chi connectivity index (χ1n) is 5.91. The van der Waals surface area contributed by atoms with E-state index < -0.39 is 11.9 Å². The van der Waals surface area contributed by atoms with E-state index in [1.54, 1.807) is 0 Å². The molecule has 0 amide bonds. The summed E-state index contributed by atoms with van der Waals surface area (Å²) in [4.78, 5) is 0. The zero-order chi connectivity index (χ0) is 14.9. The Morgan fingerprint density at radius 3 is 2.45 bits per heavy atom. The number of benzene rings is 2. The van der Waals surface area contributed by atoms with Gasteiger partial charge in [0.1, 0.15) is 17.7 Å². The fourth-order valence-electron chi connectivity index (χ4n) is 1.89. The molecule has 0 aliphatic rings. The van der Waals surface area contributed by atoms with E-state index in [1.165, 1.54) is 19.2 Å². The van der Waals surface area contributed by atoms with Gasteiger partial charge in [-0.05, 0) is 46.1 Å². The molecule has 0 aromatic heterocycles. The summed E-state index contributed by atoms with van der Waals surface area (Å²) < 4.78 is 19.9. The number of rotatable bonds is 3. The first-order valence-corrected chi connectivity index (χ1v) is 7.49. The molecule has 2 nitrogen and oxygen atoms in total. The maximum Gasteiger partial charge on any atom is 0.141 e. The molecule has 1 unspecified atom stereocenters. The molecule has 0 aliphatic heterocycles. The Balaban J connectivity index is 2.49. The topological polar surface area (TPSA) is 29.5 Å². The number of aliphatic hydroxyl groups excluding tert-OH is 1. The van der Waals surface area contributed by atoms with Crippen LogP contribution in [0.25, 0.3) is 0 Å². The lowest BCUT2D eigenvalue weighted by atomic mass is 9.99. The summed E-state index contributed by atoms with van der Waals surface area (Å²) in [5, 5.41) is 10.5. The Kier molecular flexibility index (Phi) is 4.83. The highest BCUT2D eigenvalue weighted by Gasteiger charge is 2.18. The number of aliphatic hydroxyl groups is 1. The maximum absolute atomic E-state index is 13.5. The summed E-state index contributed by atoms with van der Waals surface area (Å²) in [5.74, 6) is -0.113. The van der Waals surface area contributed by atoms with Gasteiger partial charge in [0, 0.05) is 16.1 Å². The molecule has 0 bridgehead atoms. The molecule has 1 N–H and O–H groups in total. The smallest absolute Gasteiger partial charge is 0.141 e. The molecule has 1 atom stereocenters. The van der Waals surface area contributed by atoms with Gasteiger partial charge in [-0.25, -0.2) is 4.39 Å². The minimum atomic E-state index is -0.890. The van der Waals surface area contributed by atoms with Crippen LogP contribution in [0.4, 0.5) is 4.39 Å². The lowest BCUT2D eigenvalue weighted by Crippen LogP contribution is -2.03. The minimum Gasteiger partial charge on any atom is -0.496 e. The Bertz CT molecular complexity index is 644. The number of aryl methyl sites for hydroxylation is 1. The van der Waals surface area contributed by atoms with Crippen molar-refractivity contribution in [1.29, 1.82) is 0 Å². The average Bonchev–Trinajstić information content (AvgIpc) is 2.43. The van der Waals surface area contributed by atoms with Crippen molar-refractivity contribution in [1.82, 2.24) is 0 Å². The van der Waals surface area contributed by atoms with Crippen LogP contribution >= 0.6 is 31.9 Å². The lowest BCUT2D eigenvalue weighted by Gasteiger charge is -2.16. The Morgan fingerprint density at radius 1 is 1.15 bits per heavy atom. The monoisotopic (exact) mass is 402 g/mol. The number of methoxy groups -OCH3 is 1. The second-order valence-corrected chi connectivity index (χ2v) is 6.13. The molecule has 0 radical (unpaired) electrons. The average molecular weight is 404 g/mol. The van der Waals surface area contributed by atoms with Gasteiger partial charge in [0.25, 0.3) is 0 Å². The molecular formula is C15H13Br2FO2. The van der Waals surface area contributed by atoms with Crippen LogP contribution in [0.2, 0.25) is 0 Å². The van der Waals surface area contributed by atoms with Crippen molar-refractivity contribution < 1.29 is 14.2 Å². The minimum absolute atomic E-state index is 0.290. The van der Waals surface area contributed by atoms with Crippen LogP contribution in [0.5, 0.6) is 5.75 Å². The van der Waals surface area contributed by atoms with Crippen molar-refractivity contribution >= 4 is 31.9 Å². The van der Waals surface area contributed by atoms with Crippen LogP contribution in [-0.2, 0) is 0 Å². The molecule has 0 fully saturated rings. The van der Waals surface area contributed by atoms with E-state index in [0.717, 1.165) is 10.0 Å². The highest BCUT2D eigenvalue weighted by Crippen LogP contribution is 2.35. The van der Waals surface area contributed by atoms with Crippen molar-refractivity contribution in [3.05, 3.63) is 61.8 Å². The van der Waals surface area contributed by atoms with Gasteiger partial charge >= 0.3 is 0 Å². The second kappa shape index (κ2) is 6.24. The normalized spacial score (nSPS) is 12.3. The van der Waals surface area contributed by atoms with Crippen molar-refractivity contribution in [2.45, 2.75) is 13.0 Å². The van der Waals surface area contributed by atoms with Gasteiger partial charge in [-0.1, -0.05) is 28.1 Å². The van der Waals surface area contributed by atoms with Crippen molar-refractivity contribution in [2.75, 3.05) is 7.11 Å². The first kappa shape index (κ1) is 15.5. The number of hydrogen-bond donors (Lipinski definition) is 1. The third kappa shape index (κ3) is 3.05. The van der Waals surface area contributed by atoms with E-state index in [-0.39, 0.29) is 0 Å². The molecule has 106 valence electrons. The van der Waals surface area contributed by atoms with Gasteiger partial charge in [0.05, 0.1) is 11.6 Å². The number of ether oxygens (including phenoxy) is 1. The zero-order valence-corrected chi connectivity index (χ0v) is 14.1. The van der Waals surface area contributed by atoms with E-state index in [0.29, 0.717) is 21.3 Å². The Labute approximate surface area is 133 Å². The quantitative estimate of drug-likeness (QED) is 0.801. The number of hydrogen-bond acceptors (Lipinski definition) is 2. The molecule has 20 heavy (non-hydrogen) atoms. The highest BCUT2D eigenvalue weighted by atomic mass is 79.9. The summed E-state index contributed by atoms with van der Waals surface area (Å²) in [7, 11) is 1.45. The molecule has 2 aromatic carbocycles. The summed E-state index contributed by atoms with van der Waals surface area (Å²) in [6.45, 7) is 1.97. The fourth-order valence-corrected chi connectivity index (χ4v) is 2.65. The van der Waals surface area contributed by atoms with Crippen molar-refractivity contribution in [3.8, 4) is 5.75 Å². The summed E-state index contributed by atoms with van der Waals surface area (Å²) in [6, 6.07) is 8.38. The first-order chi connectivity index (χ1) is 9.43. The van der Waals surface area contributed by atoms with Crippen LogP contribution in [0.15, 0.2) is 39.3 Å². The van der Waals surface area contributed by atoms with Crippen LogP contribution in [0.1, 0.15) is 22.8 Å². The predicted molar refractivity (Wildman–Crippen MR) is 83.6 cm³/mol. The van der Waals surface area contributed by atoms with E-state index >= 15 is 0 Å². The molecule has 5 heteroatoms. The van der Waals surface area contributed by atoms with Gasteiger partial charge < -0.3 is 9.84 Å². The highest BCUT2D eigenvalue weighted by molar-refractivity contribution is 9.10. The van der Waals surface area contributed by atoms with Gasteiger partial charge in [-0.15, -0.1) is 0 Å². The van der Waals surface area contributed by atoms with Gasteiger partial charge in [-0.2, -0.15) is 0 Å². The van der Waals surface area contributed by atoms with Gasteiger partial charge in [-0.3, -0.25) is 0 Å². The van der Waals surface area contributed by atoms with Crippen molar-refractivity contribution in [3.63, 3.8) is 0 Å². The van der Waals surface area contributed by atoms with E-state index in [4.69, 9.17) is 4.74 Å². The second-order valence-electron chi connectivity index (χ2n) is 4.42. The number of halogens is 3. The van der Waals surface area contributed by atoms with Crippen LogP contribution in [-0.4, -0.2) is 12.2 Å². The molecule has 0 heterocycles.